The molecule has 0 radical (unpaired) electrons. The van der Waals surface area contributed by atoms with Gasteiger partial charge in [-0.15, -0.1) is 0 Å². The lowest BCUT2D eigenvalue weighted by Crippen LogP contribution is -2.30. The second kappa shape index (κ2) is 5.99. The summed E-state index contributed by atoms with van der Waals surface area (Å²) in [5.41, 5.74) is 0.993. The van der Waals surface area contributed by atoms with E-state index in [2.05, 4.69) is 4.90 Å². The van der Waals surface area contributed by atoms with E-state index >= 15 is 0 Å². The van der Waals surface area contributed by atoms with E-state index in [0.29, 0.717) is 6.54 Å². The molecule has 2 rings (SSSR count). The first-order valence-electron chi connectivity index (χ1n) is 5.89. The quantitative estimate of drug-likeness (QED) is 0.838. The Morgan fingerprint density at radius 1 is 1.19 bits per heavy atom. The average molecular weight is 221 g/mol. The van der Waals surface area contributed by atoms with Crippen LogP contribution in [0.1, 0.15) is 18.1 Å². The monoisotopic (exact) mass is 221 g/mol. The van der Waals surface area contributed by atoms with Gasteiger partial charge in [0.1, 0.15) is 0 Å². The van der Waals surface area contributed by atoms with Gasteiger partial charge in [0.25, 0.3) is 0 Å². The van der Waals surface area contributed by atoms with Gasteiger partial charge < -0.3 is 9.84 Å². The number of nitrogens with zero attached hydrogens (tertiary/aromatic N) is 1. The molecule has 1 saturated heterocycles. The summed E-state index contributed by atoms with van der Waals surface area (Å²) in [4.78, 5) is 2.27. The van der Waals surface area contributed by atoms with Crippen LogP contribution in [-0.2, 0) is 4.74 Å². The highest BCUT2D eigenvalue weighted by Gasteiger charge is 2.14. The van der Waals surface area contributed by atoms with Crippen LogP contribution in [0.2, 0.25) is 0 Å². The largest absolute Gasteiger partial charge is 0.387 e. The lowest BCUT2D eigenvalue weighted by Gasteiger charge is -2.22. The summed E-state index contributed by atoms with van der Waals surface area (Å²) in [7, 11) is 0. The predicted molar refractivity (Wildman–Crippen MR) is 63.3 cm³/mol. The normalized spacial score (nSPS) is 20.3. The topological polar surface area (TPSA) is 32.7 Å². The number of ether oxygens (including phenoxy) is 1. The fraction of sp³-hybridized carbons (Fsp3) is 0.538. The second-order valence-corrected chi connectivity index (χ2v) is 4.19. The maximum Gasteiger partial charge on any atom is 0.0916 e. The zero-order valence-electron chi connectivity index (χ0n) is 9.51. The van der Waals surface area contributed by atoms with Crippen molar-refractivity contribution in [3.63, 3.8) is 0 Å². The average Bonchev–Trinajstić information content (AvgIpc) is 2.59. The first-order valence-corrected chi connectivity index (χ1v) is 5.89. The zero-order valence-corrected chi connectivity index (χ0v) is 9.51. The summed E-state index contributed by atoms with van der Waals surface area (Å²) in [6, 6.07) is 9.84. The van der Waals surface area contributed by atoms with Gasteiger partial charge in [-0.1, -0.05) is 30.3 Å². The number of aliphatic hydroxyl groups is 1. The SMILES string of the molecule is OC(CN1CCCOCC1)c1ccccc1. The van der Waals surface area contributed by atoms with E-state index in [9.17, 15) is 5.11 Å². The molecule has 0 aromatic heterocycles. The van der Waals surface area contributed by atoms with Gasteiger partial charge in [-0.05, 0) is 12.0 Å². The molecule has 16 heavy (non-hydrogen) atoms. The molecule has 3 heteroatoms. The molecule has 1 unspecified atom stereocenters. The second-order valence-electron chi connectivity index (χ2n) is 4.19. The van der Waals surface area contributed by atoms with Crippen LogP contribution in [0.25, 0.3) is 0 Å². The molecule has 1 aliphatic heterocycles. The molecule has 0 spiro atoms. The van der Waals surface area contributed by atoms with Gasteiger partial charge in [0.15, 0.2) is 0 Å². The first-order chi connectivity index (χ1) is 7.86. The minimum Gasteiger partial charge on any atom is -0.387 e. The highest BCUT2D eigenvalue weighted by atomic mass is 16.5. The van der Waals surface area contributed by atoms with Gasteiger partial charge in [-0.3, -0.25) is 4.90 Å². The Morgan fingerprint density at radius 3 is 2.81 bits per heavy atom. The maximum atomic E-state index is 10.1. The van der Waals surface area contributed by atoms with Crippen LogP contribution >= 0.6 is 0 Å². The van der Waals surface area contributed by atoms with E-state index in [0.717, 1.165) is 38.3 Å². The van der Waals surface area contributed by atoms with Crippen LogP contribution < -0.4 is 0 Å². The van der Waals surface area contributed by atoms with E-state index in [1.165, 1.54) is 0 Å². The van der Waals surface area contributed by atoms with Gasteiger partial charge in [0, 0.05) is 26.2 Å². The van der Waals surface area contributed by atoms with E-state index in [4.69, 9.17) is 4.74 Å². The van der Waals surface area contributed by atoms with Gasteiger partial charge >= 0.3 is 0 Å². The third kappa shape index (κ3) is 3.30. The van der Waals surface area contributed by atoms with Crippen molar-refractivity contribution in [1.82, 2.24) is 4.90 Å². The predicted octanol–water partition coefficient (Wildman–Crippen LogP) is 1.44. The fourth-order valence-electron chi connectivity index (χ4n) is 2.01. The van der Waals surface area contributed by atoms with E-state index in [-0.39, 0.29) is 6.10 Å². The molecular formula is C13H19NO2. The molecule has 1 aromatic carbocycles. The molecule has 1 aromatic rings. The molecule has 1 heterocycles. The summed E-state index contributed by atoms with van der Waals surface area (Å²) in [5.74, 6) is 0. The standard InChI is InChI=1S/C13H19NO2/c15-13(12-5-2-1-3-6-12)11-14-7-4-9-16-10-8-14/h1-3,5-6,13,15H,4,7-11H2. The van der Waals surface area contributed by atoms with Crippen molar-refractivity contribution in [2.24, 2.45) is 0 Å². The summed E-state index contributed by atoms with van der Waals surface area (Å²) < 4.78 is 5.39. The zero-order chi connectivity index (χ0) is 11.2. The Balaban J connectivity index is 1.88. The minimum absolute atomic E-state index is 0.390. The Kier molecular flexibility index (Phi) is 4.34. The van der Waals surface area contributed by atoms with Crippen molar-refractivity contribution in [3.8, 4) is 0 Å². The molecule has 1 N–H and O–H groups in total. The summed E-state index contributed by atoms with van der Waals surface area (Å²) in [6.07, 6.45) is 0.668. The van der Waals surface area contributed by atoms with Crippen molar-refractivity contribution < 1.29 is 9.84 Å². The molecule has 0 bridgehead atoms. The Morgan fingerprint density at radius 2 is 2.00 bits per heavy atom. The van der Waals surface area contributed by atoms with E-state index in [1.54, 1.807) is 0 Å². The van der Waals surface area contributed by atoms with Gasteiger partial charge in [-0.25, -0.2) is 0 Å². The van der Waals surface area contributed by atoms with Crippen LogP contribution in [0.4, 0.5) is 0 Å². The Bertz CT molecular complexity index is 294. The Hall–Kier alpha value is -0.900. The number of hydrogen-bond acceptors (Lipinski definition) is 3. The molecule has 0 amide bonds. The van der Waals surface area contributed by atoms with Gasteiger partial charge in [0.2, 0.25) is 0 Å². The minimum atomic E-state index is -0.390. The molecule has 1 atom stereocenters. The summed E-state index contributed by atoms with van der Waals surface area (Å²) >= 11 is 0. The third-order valence-electron chi connectivity index (χ3n) is 2.93. The highest BCUT2D eigenvalue weighted by Crippen LogP contribution is 2.14. The van der Waals surface area contributed by atoms with E-state index in [1.807, 2.05) is 30.3 Å². The van der Waals surface area contributed by atoms with Crippen molar-refractivity contribution in [2.75, 3.05) is 32.8 Å². The molecule has 0 aliphatic carbocycles. The number of aliphatic hydroxyl groups excluding tert-OH is 1. The van der Waals surface area contributed by atoms with Crippen molar-refractivity contribution in [1.29, 1.82) is 0 Å². The van der Waals surface area contributed by atoms with Gasteiger partial charge in [0.05, 0.1) is 12.7 Å². The first kappa shape index (κ1) is 11.6. The lowest BCUT2D eigenvalue weighted by atomic mass is 10.1. The van der Waals surface area contributed by atoms with Crippen molar-refractivity contribution in [3.05, 3.63) is 35.9 Å². The maximum absolute atomic E-state index is 10.1. The third-order valence-corrected chi connectivity index (χ3v) is 2.93. The fourth-order valence-corrected chi connectivity index (χ4v) is 2.01. The number of rotatable bonds is 3. The number of benzene rings is 1. The molecular weight excluding hydrogens is 202 g/mol. The number of β-amino-alcohol motifs (C(OH)–C–C–N with tert-alkyl or cyclic N) is 1. The molecule has 0 saturated carbocycles. The Labute approximate surface area is 96.6 Å². The summed E-state index contributed by atoms with van der Waals surface area (Å²) in [5, 5.41) is 10.1. The smallest absolute Gasteiger partial charge is 0.0916 e. The molecule has 1 fully saturated rings. The van der Waals surface area contributed by atoms with Crippen molar-refractivity contribution >= 4 is 0 Å². The van der Waals surface area contributed by atoms with Crippen LogP contribution in [0.3, 0.4) is 0 Å². The van der Waals surface area contributed by atoms with Crippen LogP contribution in [0, 0.1) is 0 Å². The number of hydrogen-bond donors (Lipinski definition) is 1. The molecule has 1 aliphatic rings. The highest BCUT2D eigenvalue weighted by molar-refractivity contribution is 5.17. The lowest BCUT2D eigenvalue weighted by molar-refractivity contribution is 0.103. The summed E-state index contributed by atoms with van der Waals surface area (Å²) in [6.45, 7) is 4.26. The van der Waals surface area contributed by atoms with Crippen molar-refractivity contribution in [2.45, 2.75) is 12.5 Å². The van der Waals surface area contributed by atoms with Crippen LogP contribution in [-0.4, -0.2) is 42.9 Å². The molecule has 88 valence electrons. The molecule has 3 nitrogen and oxygen atoms in total. The van der Waals surface area contributed by atoms with Crippen LogP contribution in [0.15, 0.2) is 30.3 Å². The van der Waals surface area contributed by atoms with E-state index < -0.39 is 0 Å². The van der Waals surface area contributed by atoms with Gasteiger partial charge in [-0.2, -0.15) is 0 Å². The van der Waals surface area contributed by atoms with Crippen LogP contribution in [0.5, 0.6) is 0 Å².